The van der Waals surface area contributed by atoms with Crippen LogP contribution in [0.25, 0.3) is 0 Å². The number of hydrogen-bond acceptors (Lipinski definition) is 2. The topological polar surface area (TPSA) is 46.2 Å². The Kier molecular flexibility index (Phi) is 6.39. The van der Waals surface area contributed by atoms with Crippen molar-refractivity contribution in [1.29, 1.82) is 0 Å². The predicted molar refractivity (Wildman–Crippen MR) is 79.1 cm³/mol. The molecule has 2 atom stereocenters. The van der Waals surface area contributed by atoms with Crippen LogP contribution in [-0.4, -0.2) is 16.0 Å². The fourth-order valence-electron chi connectivity index (χ4n) is 1.51. The Hall–Kier alpha value is -1.52. The molecule has 0 spiro atoms. The molecule has 1 unspecified atom stereocenters. The molecule has 0 aliphatic rings. The molecule has 1 aromatic carbocycles. The first kappa shape index (κ1) is 15.5. The van der Waals surface area contributed by atoms with Crippen molar-refractivity contribution in [3.8, 4) is 0 Å². The van der Waals surface area contributed by atoms with Gasteiger partial charge in [0.1, 0.15) is 11.0 Å². The lowest BCUT2D eigenvalue weighted by Gasteiger charge is -2.12. The van der Waals surface area contributed by atoms with E-state index in [0.717, 1.165) is 5.56 Å². The van der Waals surface area contributed by atoms with Crippen LogP contribution in [0.2, 0.25) is 0 Å². The summed E-state index contributed by atoms with van der Waals surface area (Å²) in [5, 5.41) is 0. The average molecular weight is 277 g/mol. The molecule has 0 saturated carbocycles. The molecule has 1 N–H and O–H groups in total. The van der Waals surface area contributed by atoms with E-state index in [1.54, 1.807) is 19.1 Å². The van der Waals surface area contributed by atoms with Crippen LogP contribution in [0.15, 0.2) is 54.0 Å². The van der Waals surface area contributed by atoms with Crippen LogP contribution in [-0.2, 0) is 15.8 Å². The second kappa shape index (κ2) is 7.81. The van der Waals surface area contributed by atoms with Gasteiger partial charge >= 0.3 is 0 Å². The first-order valence-electron chi connectivity index (χ1n) is 6.09. The number of hydrogen-bond donors (Lipinski definition) is 1. The van der Waals surface area contributed by atoms with Gasteiger partial charge in [0.05, 0.1) is 4.90 Å². The summed E-state index contributed by atoms with van der Waals surface area (Å²) in [6, 6.07) is 7.13. The molecule has 19 heavy (non-hydrogen) atoms. The maximum atomic E-state index is 12.1. The molecule has 0 radical (unpaired) electrons. The Morgan fingerprint density at radius 3 is 2.58 bits per heavy atom. The third-order valence-electron chi connectivity index (χ3n) is 2.55. The number of carbonyl (C=O) groups excluding carboxylic acids is 1. The highest BCUT2D eigenvalue weighted by molar-refractivity contribution is 7.83. The Balaban J connectivity index is 2.65. The van der Waals surface area contributed by atoms with Crippen LogP contribution in [0.3, 0.4) is 0 Å². The average Bonchev–Trinajstić information content (AvgIpc) is 2.38. The van der Waals surface area contributed by atoms with Gasteiger partial charge in [-0.3, -0.25) is 4.79 Å². The number of aryl methyl sites for hydroxylation is 1. The lowest BCUT2D eigenvalue weighted by atomic mass is 10.1. The molecule has 3 nitrogen and oxygen atoms in total. The van der Waals surface area contributed by atoms with E-state index in [0.29, 0.717) is 4.90 Å². The molecule has 4 heteroatoms. The number of carbonyl (C=O) groups is 1. The summed E-state index contributed by atoms with van der Waals surface area (Å²) < 4.78 is 15.0. The zero-order valence-electron chi connectivity index (χ0n) is 11.3. The van der Waals surface area contributed by atoms with E-state index >= 15 is 0 Å². The van der Waals surface area contributed by atoms with Crippen molar-refractivity contribution >= 4 is 16.8 Å². The molecule has 0 amide bonds. The number of rotatable bonds is 7. The maximum Gasteiger partial charge on any atom is 0.157 e. The van der Waals surface area contributed by atoms with E-state index in [1.165, 1.54) is 6.08 Å². The fraction of sp³-hybridized carbons (Fsp3) is 0.267. The van der Waals surface area contributed by atoms with Gasteiger partial charge in [0.2, 0.25) is 0 Å². The summed E-state index contributed by atoms with van der Waals surface area (Å²) in [6.07, 6.45) is 5.06. The third kappa shape index (κ3) is 5.32. The van der Waals surface area contributed by atoms with Gasteiger partial charge in [0.25, 0.3) is 0 Å². The zero-order valence-corrected chi connectivity index (χ0v) is 12.1. The van der Waals surface area contributed by atoms with Crippen molar-refractivity contribution < 1.29 is 9.00 Å². The molecular weight excluding hydrogens is 258 g/mol. The van der Waals surface area contributed by atoms with Gasteiger partial charge in [-0.1, -0.05) is 29.8 Å². The van der Waals surface area contributed by atoms with Crippen molar-refractivity contribution in [2.75, 3.05) is 0 Å². The summed E-state index contributed by atoms with van der Waals surface area (Å²) in [5.74, 6) is -0.0131. The van der Waals surface area contributed by atoms with Crippen LogP contribution in [0.1, 0.15) is 18.9 Å². The third-order valence-corrected chi connectivity index (χ3v) is 3.77. The number of allylic oxidation sites excluding steroid dienone is 2. The van der Waals surface area contributed by atoms with Crippen LogP contribution in [0.4, 0.5) is 0 Å². The Bertz CT molecular complexity index is 491. The Labute approximate surface area is 117 Å². The smallest absolute Gasteiger partial charge is 0.157 e. The second-order valence-corrected chi connectivity index (χ2v) is 5.46. The summed E-state index contributed by atoms with van der Waals surface area (Å²) in [7, 11) is -1.34. The van der Waals surface area contributed by atoms with Crippen LogP contribution >= 0.6 is 0 Å². The van der Waals surface area contributed by atoms with Gasteiger partial charge < -0.3 is 0 Å². The first-order valence-corrected chi connectivity index (χ1v) is 7.24. The molecule has 1 aromatic rings. The molecule has 0 bridgehead atoms. The van der Waals surface area contributed by atoms with Gasteiger partial charge in [0.15, 0.2) is 5.78 Å². The van der Waals surface area contributed by atoms with Crippen molar-refractivity contribution in [2.24, 2.45) is 0 Å². The number of ketones is 1. The number of benzene rings is 1. The lowest BCUT2D eigenvalue weighted by Crippen LogP contribution is -2.30. The molecule has 102 valence electrons. The van der Waals surface area contributed by atoms with Gasteiger partial charge in [-0.05, 0) is 32.1 Å². The molecule has 0 aliphatic heterocycles. The van der Waals surface area contributed by atoms with Gasteiger partial charge in [-0.15, -0.1) is 6.58 Å². The van der Waals surface area contributed by atoms with Crippen molar-refractivity contribution in [3.63, 3.8) is 0 Å². The molecule has 1 rings (SSSR count). The minimum absolute atomic E-state index is 0.0131. The Morgan fingerprint density at radius 1 is 1.42 bits per heavy atom. The quantitative estimate of drug-likeness (QED) is 0.615. The van der Waals surface area contributed by atoms with Gasteiger partial charge in [0, 0.05) is 12.5 Å². The van der Waals surface area contributed by atoms with E-state index in [4.69, 9.17) is 0 Å². The van der Waals surface area contributed by atoms with E-state index < -0.39 is 11.0 Å². The molecule has 0 saturated heterocycles. The van der Waals surface area contributed by atoms with Crippen LogP contribution < -0.4 is 4.72 Å². The minimum Gasteiger partial charge on any atom is -0.295 e. The standard InChI is InChI=1S/C15H19NO2S/c1-4-6-14(17)11-13(5-2)16-19(18)15-9-7-12(3)8-10-15/h4-10,13,16H,2,11H2,1,3H3/b6-4+/t13-,19?/m0/s1. The normalized spacial score (nSPS) is 14.2. The molecule has 0 aliphatic carbocycles. The van der Waals surface area contributed by atoms with E-state index in [1.807, 2.05) is 31.2 Å². The summed E-state index contributed by atoms with van der Waals surface area (Å²) in [6.45, 7) is 7.43. The number of nitrogens with one attached hydrogen (secondary N) is 1. The highest BCUT2D eigenvalue weighted by Crippen LogP contribution is 2.08. The molecular formula is C15H19NO2S. The zero-order chi connectivity index (χ0) is 14.3. The van der Waals surface area contributed by atoms with Crippen molar-refractivity contribution in [1.82, 2.24) is 4.72 Å². The maximum absolute atomic E-state index is 12.1. The molecule has 0 fully saturated rings. The monoisotopic (exact) mass is 277 g/mol. The predicted octanol–water partition coefficient (Wildman–Crippen LogP) is 2.70. The van der Waals surface area contributed by atoms with Crippen molar-refractivity contribution in [3.05, 3.63) is 54.6 Å². The molecule has 0 aromatic heterocycles. The summed E-state index contributed by atoms with van der Waals surface area (Å²) in [5.41, 5.74) is 1.12. The Morgan fingerprint density at radius 2 is 2.05 bits per heavy atom. The van der Waals surface area contributed by atoms with Gasteiger partial charge in [-0.2, -0.15) is 0 Å². The largest absolute Gasteiger partial charge is 0.295 e. The van der Waals surface area contributed by atoms with E-state index in [2.05, 4.69) is 11.3 Å². The highest BCUT2D eigenvalue weighted by Gasteiger charge is 2.12. The SMILES string of the molecule is C=C[C@@H](CC(=O)/C=C/C)NS(=O)c1ccc(C)cc1. The summed E-state index contributed by atoms with van der Waals surface area (Å²) in [4.78, 5) is 12.2. The van der Waals surface area contributed by atoms with Crippen molar-refractivity contribution in [2.45, 2.75) is 31.2 Å². The highest BCUT2D eigenvalue weighted by atomic mass is 32.2. The van der Waals surface area contributed by atoms with Crippen LogP contribution in [0, 0.1) is 6.92 Å². The van der Waals surface area contributed by atoms with E-state index in [9.17, 15) is 9.00 Å². The first-order chi connectivity index (χ1) is 9.06. The molecule has 0 heterocycles. The van der Waals surface area contributed by atoms with Crippen LogP contribution in [0.5, 0.6) is 0 Å². The summed E-state index contributed by atoms with van der Waals surface area (Å²) >= 11 is 0. The van der Waals surface area contributed by atoms with E-state index in [-0.39, 0.29) is 18.2 Å². The second-order valence-electron chi connectivity index (χ2n) is 4.21. The minimum atomic E-state index is -1.34. The van der Waals surface area contributed by atoms with Gasteiger partial charge in [-0.25, -0.2) is 8.93 Å². The fourth-order valence-corrected chi connectivity index (χ4v) is 2.49. The lowest BCUT2D eigenvalue weighted by molar-refractivity contribution is -0.114.